The van der Waals surface area contributed by atoms with Gasteiger partial charge in [-0.1, -0.05) is 60.7 Å². The Bertz CT molecular complexity index is 874. The summed E-state index contributed by atoms with van der Waals surface area (Å²) in [5.41, 5.74) is 1.21. The van der Waals surface area contributed by atoms with Crippen molar-refractivity contribution in [2.45, 2.75) is 22.6 Å². The van der Waals surface area contributed by atoms with Crippen LogP contribution in [-0.4, -0.2) is 45.1 Å². The Morgan fingerprint density at radius 1 is 0.750 bits per heavy atom. The second kappa shape index (κ2) is 8.12. The van der Waals surface area contributed by atoms with Crippen LogP contribution in [0.5, 0.6) is 0 Å². The van der Waals surface area contributed by atoms with E-state index in [1.807, 2.05) is 0 Å². The summed E-state index contributed by atoms with van der Waals surface area (Å²) in [5.74, 6) is -1.86. The van der Waals surface area contributed by atoms with E-state index in [4.69, 9.17) is 9.47 Å². The predicted molar refractivity (Wildman–Crippen MR) is 102 cm³/mol. The number of benzene rings is 2. The largest absolute Gasteiger partial charge is 0.468 e. The number of ether oxygens (including phenoxy) is 2. The van der Waals surface area contributed by atoms with E-state index in [2.05, 4.69) is 5.32 Å². The average molecular weight is 403 g/mol. The Balaban J connectivity index is 2.19. The molecule has 1 fully saturated rings. The standard InChI is InChI=1S/C20H21NO6S/c1-26-19(22)17-15(13-9-5-3-6-10-13)21-16(14-11-7-4-8-12-14)18(20(23)27-2)28(17,24)25/h3-12,15-18,21H,1-2H3/t15-,16-,17-,18+/m0/s1. The average Bonchev–Trinajstić information content (AvgIpc) is 2.72. The molecule has 0 radical (unpaired) electrons. The van der Waals surface area contributed by atoms with Gasteiger partial charge in [0.05, 0.1) is 26.3 Å². The lowest BCUT2D eigenvalue weighted by Crippen LogP contribution is -2.59. The molecule has 8 heteroatoms. The summed E-state index contributed by atoms with van der Waals surface area (Å²) < 4.78 is 36.4. The molecule has 0 spiro atoms. The highest BCUT2D eigenvalue weighted by Gasteiger charge is 2.56. The van der Waals surface area contributed by atoms with Gasteiger partial charge in [0, 0.05) is 0 Å². The number of sulfone groups is 1. The summed E-state index contributed by atoms with van der Waals surface area (Å²) >= 11 is 0. The third-order valence-electron chi connectivity index (χ3n) is 4.86. The van der Waals surface area contributed by atoms with E-state index in [0.717, 1.165) is 14.2 Å². The van der Waals surface area contributed by atoms with Gasteiger partial charge in [-0.25, -0.2) is 8.42 Å². The van der Waals surface area contributed by atoms with E-state index in [0.29, 0.717) is 11.1 Å². The van der Waals surface area contributed by atoms with Crippen molar-refractivity contribution in [3.63, 3.8) is 0 Å². The van der Waals surface area contributed by atoms with Crippen molar-refractivity contribution in [2.24, 2.45) is 0 Å². The minimum atomic E-state index is -4.29. The number of hydrogen-bond donors (Lipinski definition) is 1. The van der Waals surface area contributed by atoms with Crippen molar-refractivity contribution in [2.75, 3.05) is 14.2 Å². The molecule has 1 aliphatic heterocycles. The smallest absolute Gasteiger partial charge is 0.326 e. The number of nitrogens with one attached hydrogen (secondary N) is 1. The number of carbonyl (C=O) groups is 2. The van der Waals surface area contributed by atoms with E-state index in [9.17, 15) is 18.0 Å². The SMILES string of the molecule is COC(=O)[C@@H]1[C@H](c2ccccc2)N[C@@H](c2ccccc2)[C@H](C(=O)OC)S1(=O)=O. The van der Waals surface area contributed by atoms with Gasteiger partial charge in [-0.15, -0.1) is 0 Å². The van der Waals surface area contributed by atoms with Crippen LogP contribution in [0.3, 0.4) is 0 Å². The second-order valence-electron chi connectivity index (χ2n) is 6.42. The van der Waals surface area contributed by atoms with E-state index >= 15 is 0 Å². The Morgan fingerprint density at radius 2 is 1.11 bits per heavy atom. The van der Waals surface area contributed by atoms with E-state index in [1.165, 1.54) is 0 Å². The van der Waals surface area contributed by atoms with Gasteiger partial charge in [-0.3, -0.25) is 14.9 Å². The van der Waals surface area contributed by atoms with Crippen LogP contribution < -0.4 is 5.32 Å². The van der Waals surface area contributed by atoms with Crippen LogP contribution in [0.15, 0.2) is 60.7 Å². The number of hydrogen-bond acceptors (Lipinski definition) is 7. The van der Waals surface area contributed by atoms with Crippen molar-refractivity contribution in [3.8, 4) is 0 Å². The third-order valence-corrected chi connectivity index (χ3v) is 7.20. The molecule has 4 atom stereocenters. The van der Waals surface area contributed by atoms with Gasteiger partial charge in [0.2, 0.25) is 0 Å². The first-order valence-electron chi connectivity index (χ1n) is 8.66. The van der Waals surface area contributed by atoms with Crippen LogP contribution in [0.4, 0.5) is 0 Å². The van der Waals surface area contributed by atoms with Gasteiger partial charge in [0.1, 0.15) is 0 Å². The van der Waals surface area contributed by atoms with Crippen LogP contribution in [0.1, 0.15) is 23.2 Å². The molecule has 1 aliphatic rings. The zero-order valence-corrected chi connectivity index (χ0v) is 16.3. The molecule has 0 amide bonds. The van der Waals surface area contributed by atoms with Crippen LogP contribution in [0.2, 0.25) is 0 Å². The predicted octanol–water partition coefficient (Wildman–Crippen LogP) is 1.57. The summed E-state index contributed by atoms with van der Waals surface area (Å²) in [6.45, 7) is 0. The Hall–Kier alpha value is -2.71. The summed E-state index contributed by atoms with van der Waals surface area (Å²) in [6, 6.07) is 15.7. The van der Waals surface area contributed by atoms with E-state index < -0.39 is 44.4 Å². The normalized spacial score (nSPS) is 26.2. The number of rotatable bonds is 4. The van der Waals surface area contributed by atoms with Crippen molar-refractivity contribution < 1.29 is 27.5 Å². The first-order valence-corrected chi connectivity index (χ1v) is 10.3. The molecule has 7 nitrogen and oxygen atoms in total. The van der Waals surface area contributed by atoms with Crippen LogP contribution in [0.25, 0.3) is 0 Å². The highest BCUT2D eigenvalue weighted by Crippen LogP contribution is 2.39. The van der Waals surface area contributed by atoms with Gasteiger partial charge in [-0.2, -0.15) is 0 Å². The summed E-state index contributed by atoms with van der Waals surface area (Å²) in [6.07, 6.45) is 0. The topological polar surface area (TPSA) is 98.8 Å². The van der Waals surface area contributed by atoms with Gasteiger partial charge < -0.3 is 9.47 Å². The highest BCUT2D eigenvalue weighted by molar-refractivity contribution is 7.94. The maximum absolute atomic E-state index is 13.4. The third kappa shape index (κ3) is 3.53. The maximum atomic E-state index is 13.4. The van der Waals surface area contributed by atoms with Crippen molar-refractivity contribution in [1.82, 2.24) is 5.32 Å². The molecule has 0 aromatic heterocycles. The molecule has 28 heavy (non-hydrogen) atoms. The second-order valence-corrected chi connectivity index (χ2v) is 8.61. The molecule has 1 heterocycles. The number of esters is 2. The molecule has 0 aliphatic carbocycles. The molecule has 1 saturated heterocycles. The van der Waals surface area contributed by atoms with E-state index in [-0.39, 0.29) is 0 Å². The molecule has 0 bridgehead atoms. The highest BCUT2D eigenvalue weighted by atomic mass is 32.2. The quantitative estimate of drug-likeness (QED) is 0.774. The molecule has 3 rings (SSSR count). The first kappa shape index (κ1) is 20.0. The van der Waals surface area contributed by atoms with Gasteiger partial charge in [0.15, 0.2) is 20.3 Å². The molecular weight excluding hydrogens is 382 g/mol. The first-order chi connectivity index (χ1) is 13.4. The monoisotopic (exact) mass is 403 g/mol. The van der Waals surface area contributed by atoms with Crippen LogP contribution in [0, 0.1) is 0 Å². The molecule has 148 valence electrons. The Kier molecular flexibility index (Phi) is 5.81. The van der Waals surface area contributed by atoms with Crippen molar-refractivity contribution >= 4 is 21.8 Å². The molecule has 1 N–H and O–H groups in total. The number of carbonyl (C=O) groups excluding carboxylic acids is 2. The Morgan fingerprint density at radius 3 is 1.43 bits per heavy atom. The fraction of sp³-hybridized carbons (Fsp3) is 0.300. The maximum Gasteiger partial charge on any atom is 0.326 e. The summed E-state index contributed by atoms with van der Waals surface area (Å²) in [4.78, 5) is 24.9. The lowest BCUT2D eigenvalue weighted by molar-refractivity contribution is -0.142. The van der Waals surface area contributed by atoms with Gasteiger partial charge >= 0.3 is 11.9 Å². The Labute approximate surface area is 163 Å². The minimum Gasteiger partial charge on any atom is -0.468 e. The minimum absolute atomic E-state index is 0.603. The molecule has 0 unspecified atom stereocenters. The van der Waals surface area contributed by atoms with Crippen LogP contribution >= 0.6 is 0 Å². The lowest BCUT2D eigenvalue weighted by atomic mass is 9.97. The van der Waals surface area contributed by atoms with E-state index in [1.54, 1.807) is 60.7 Å². The summed E-state index contributed by atoms with van der Waals surface area (Å²) in [7, 11) is -2.05. The molecule has 2 aromatic carbocycles. The molecule has 2 aromatic rings. The van der Waals surface area contributed by atoms with Gasteiger partial charge in [-0.05, 0) is 11.1 Å². The lowest BCUT2D eigenvalue weighted by Gasteiger charge is -2.40. The van der Waals surface area contributed by atoms with Crippen LogP contribution in [-0.2, 0) is 28.9 Å². The fourth-order valence-corrected chi connectivity index (χ4v) is 5.82. The summed E-state index contributed by atoms with van der Waals surface area (Å²) in [5, 5.41) is 0.0321. The molecule has 0 saturated carbocycles. The van der Waals surface area contributed by atoms with Gasteiger partial charge in [0.25, 0.3) is 0 Å². The van der Waals surface area contributed by atoms with Crippen molar-refractivity contribution in [3.05, 3.63) is 71.8 Å². The fourth-order valence-electron chi connectivity index (χ4n) is 3.54. The zero-order chi connectivity index (χ0) is 20.3. The molecular formula is C20H21NO6S. The zero-order valence-electron chi connectivity index (χ0n) is 15.4. The van der Waals surface area contributed by atoms with Crippen molar-refractivity contribution in [1.29, 1.82) is 0 Å². The number of methoxy groups -OCH3 is 2.